The average Bonchev–Trinajstić information content (AvgIpc) is 2.95. The van der Waals surface area contributed by atoms with Crippen LogP contribution in [-0.4, -0.2) is 137 Å². The summed E-state index contributed by atoms with van der Waals surface area (Å²) in [4.78, 5) is 30.0. The first kappa shape index (κ1) is 39.8. The van der Waals surface area contributed by atoms with Crippen LogP contribution < -0.4 is 0 Å². The van der Waals surface area contributed by atoms with E-state index in [2.05, 4.69) is 11.5 Å². The van der Waals surface area contributed by atoms with Crippen LogP contribution >= 0.6 is 0 Å². The van der Waals surface area contributed by atoms with Crippen LogP contribution in [0.4, 0.5) is 0 Å². The number of carbonyl (C=O) groups is 2. The molecule has 3 fully saturated rings. The van der Waals surface area contributed by atoms with Crippen molar-refractivity contribution in [3.8, 4) is 0 Å². The summed E-state index contributed by atoms with van der Waals surface area (Å²) in [6, 6.07) is -0.425. The summed E-state index contributed by atoms with van der Waals surface area (Å²) < 4.78 is 30.9. The van der Waals surface area contributed by atoms with Crippen molar-refractivity contribution in [1.29, 1.82) is 0 Å². The van der Waals surface area contributed by atoms with E-state index in [1.807, 2.05) is 46.7 Å². The molecule has 47 heavy (non-hydrogen) atoms. The number of likely N-dealkylation sites (N-methyl/N-ethyl adjacent to an activating group) is 1. The number of carbonyl (C=O) groups excluding carboxylic acids is 2. The summed E-state index contributed by atoms with van der Waals surface area (Å²) in [5.74, 6) is -3.20. The number of esters is 2. The molecule has 0 aliphatic carbocycles. The fourth-order valence-corrected chi connectivity index (χ4v) is 7.92. The Morgan fingerprint density at radius 2 is 1.79 bits per heavy atom. The minimum Gasteiger partial charge on any atom is -0.459 e. The van der Waals surface area contributed by atoms with E-state index in [-0.39, 0.29) is 37.1 Å². The molecule has 272 valence electrons. The normalized spacial score (nSPS) is 46.1. The quantitative estimate of drug-likeness (QED) is 0.292. The van der Waals surface area contributed by atoms with Gasteiger partial charge in [0, 0.05) is 32.0 Å². The standard InChI is InChI=1S/C35H62N2O10/c1-13-27-35(10,42)30-20(3)17-37(16-19(2)18-43-30)21(4)15-34(9,41)31(23(6)28(39)24(7)32(40)46-27)47-33-29(45-25(8)38)26(36(11)12)14-22(5)44-33/h20-24,26-31,33,39,41-42H,2,13-18H2,1,3-12H3/t20-,21+,22+,23-,24+,26-,27+,28-,29+,30+,31+,33-,34+,35+/m0/s1. The molecule has 2 bridgehead atoms. The maximum Gasteiger partial charge on any atom is 0.311 e. The fourth-order valence-electron chi connectivity index (χ4n) is 7.92. The van der Waals surface area contributed by atoms with E-state index < -0.39 is 71.8 Å². The Hall–Kier alpha value is -1.64. The van der Waals surface area contributed by atoms with Gasteiger partial charge in [0.15, 0.2) is 12.4 Å². The first-order valence-electron chi connectivity index (χ1n) is 17.2. The summed E-state index contributed by atoms with van der Waals surface area (Å²) in [6.45, 7) is 21.2. The number of aliphatic hydroxyl groups excluding tert-OH is 1. The summed E-state index contributed by atoms with van der Waals surface area (Å²) >= 11 is 0. The summed E-state index contributed by atoms with van der Waals surface area (Å²) in [6.07, 6.45) is -4.92. The van der Waals surface area contributed by atoms with Crippen molar-refractivity contribution in [3.63, 3.8) is 0 Å². The second-order valence-electron chi connectivity index (χ2n) is 15.2. The van der Waals surface area contributed by atoms with Crippen LogP contribution in [0.1, 0.15) is 81.6 Å². The Morgan fingerprint density at radius 1 is 1.15 bits per heavy atom. The van der Waals surface area contributed by atoms with Crippen molar-refractivity contribution in [2.75, 3.05) is 33.8 Å². The average molecular weight is 671 g/mol. The molecule has 0 amide bonds. The lowest BCUT2D eigenvalue weighted by atomic mass is 9.78. The lowest BCUT2D eigenvalue weighted by Crippen LogP contribution is -2.60. The Bertz CT molecular complexity index is 1080. The minimum atomic E-state index is -1.55. The van der Waals surface area contributed by atoms with Gasteiger partial charge in [0.1, 0.15) is 11.7 Å². The number of cyclic esters (lactones) is 1. The van der Waals surface area contributed by atoms with Crippen LogP contribution in [-0.2, 0) is 33.3 Å². The Balaban J connectivity index is 2.12. The highest BCUT2D eigenvalue weighted by Gasteiger charge is 2.51. The lowest BCUT2D eigenvalue weighted by Gasteiger charge is -2.48. The van der Waals surface area contributed by atoms with Gasteiger partial charge in [-0.1, -0.05) is 27.4 Å². The number of fused-ring (bicyclic) bond motifs is 3. The third kappa shape index (κ3) is 9.33. The maximum absolute atomic E-state index is 13.6. The van der Waals surface area contributed by atoms with Crippen molar-refractivity contribution in [2.24, 2.45) is 17.8 Å². The molecule has 0 aromatic heterocycles. The zero-order chi connectivity index (χ0) is 35.6. The smallest absolute Gasteiger partial charge is 0.311 e. The number of aliphatic hydroxyl groups is 3. The van der Waals surface area contributed by atoms with E-state index in [1.165, 1.54) is 6.92 Å². The van der Waals surface area contributed by atoms with Gasteiger partial charge in [-0.05, 0) is 79.5 Å². The van der Waals surface area contributed by atoms with Crippen molar-refractivity contribution in [1.82, 2.24) is 9.80 Å². The first-order chi connectivity index (χ1) is 21.7. The zero-order valence-electron chi connectivity index (χ0n) is 30.5. The van der Waals surface area contributed by atoms with E-state index >= 15 is 0 Å². The topological polar surface area (TPSA) is 147 Å². The summed E-state index contributed by atoms with van der Waals surface area (Å²) in [5.41, 5.74) is -2.27. The number of hydrogen-bond acceptors (Lipinski definition) is 12. The lowest BCUT2D eigenvalue weighted by molar-refractivity contribution is -0.301. The van der Waals surface area contributed by atoms with Gasteiger partial charge < -0.3 is 43.9 Å². The molecule has 0 radical (unpaired) electrons. The molecule has 3 heterocycles. The predicted octanol–water partition coefficient (Wildman–Crippen LogP) is 2.51. The molecule has 3 aliphatic heterocycles. The van der Waals surface area contributed by atoms with Crippen LogP contribution in [0.3, 0.4) is 0 Å². The molecule has 0 aromatic rings. The second-order valence-corrected chi connectivity index (χ2v) is 15.2. The molecule has 3 saturated heterocycles. The molecule has 3 N–H and O–H groups in total. The number of hydrogen-bond donors (Lipinski definition) is 3. The Morgan fingerprint density at radius 3 is 2.36 bits per heavy atom. The molecule has 1 unspecified atom stereocenters. The SMILES string of the molecule is C=C1CO[C@@H]2[C@@H](C)CN(C1)[C@H](C)C[C@@](C)(O)[C@H](O[C@@H]1O[C@H](C)C[C@H](N(C)C)[C@H]1OC(C)=O)[C@@H](C)[C@H](O)[C@@H](C)C(=O)O[C@H](CC)[C@@]2(C)O. The van der Waals surface area contributed by atoms with E-state index in [9.17, 15) is 24.9 Å². The van der Waals surface area contributed by atoms with Gasteiger partial charge in [-0.2, -0.15) is 0 Å². The van der Waals surface area contributed by atoms with E-state index in [0.717, 1.165) is 5.57 Å². The second kappa shape index (κ2) is 15.9. The van der Waals surface area contributed by atoms with Crippen LogP contribution in [0, 0.1) is 17.8 Å². The molecule has 0 spiro atoms. The zero-order valence-corrected chi connectivity index (χ0v) is 30.5. The third-order valence-corrected chi connectivity index (χ3v) is 10.5. The molecular formula is C35H62N2O10. The molecule has 3 aliphatic rings. The Labute approximate surface area is 281 Å². The highest BCUT2D eigenvalue weighted by Crippen LogP contribution is 2.38. The van der Waals surface area contributed by atoms with Gasteiger partial charge in [-0.3, -0.25) is 14.5 Å². The molecule has 0 saturated carbocycles. The summed E-state index contributed by atoms with van der Waals surface area (Å²) in [5, 5.41) is 36.0. The van der Waals surface area contributed by atoms with Crippen LogP contribution in [0.2, 0.25) is 0 Å². The highest BCUT2D eigenvalue weighted by molar-refractivity contribution is 5.73. The van der Waals surface area contributed by atoms with Crippen molar-refractivity contribution in [3.05, 3.63) is 12.2 Å². The Kier molecular flexibility index (Phi) is 13.5. The maximum atomic E-state index is 13.6. The largest absolute Gasteiger partial charge is 0.459 e. The van der Waals surface area contributed by atoms with Crippen LogP contribution in [0.5, 0.6) is 0 Å². The van der Waals surface area contributed by atoms with Crippen molar-refractivity contribution in [2.45, 2.75) is 148 Å². The van der Waals surface area contributed by atoms with Gasteiger partial charge in [-0.15, -0.1) is 0 Å². The molecule has 3 rings (SSSR count). The highest BCUT2D eigenvalue weighted by atomic mass is 16.7. The van der Waals surface area contributed by atoms with Crippen LogP contribution in [0.25, 0.3) is 0 Å². The van der Waals surface area contributed by atoms with Gasteiger partial charge in [0.25, 0.3) is 0 Å². The van der Waals surface area contributed by atoms with Crippen LogP contribution in [0.15, 0.2) is 12.2 Å². The van der Waals surface area contributed by atoms with E-state index in [1.54, 1.807) is 27.7 Å². The van der Waals surface area contributed by atoms with Gasteiger partial charge in [-0.25, -0.2) is 0 Å². The number of ether oxygens (including phenoxy) is 5. The van der Waals surface area contributed by atoms with E-state index in [4.69, 9.17) is 23.7 Å². The number of rotatable bonds is 5. The summed E-state index contributed by atoms with van der Waals surface area (Å²) in [7, 11) is 3.79. The van der Waals surface area contributed by atoms with E-state index in [0.29, 0.717) is 25.9 Å². The van der Waals surface area contributed by atoms with Crippen molar-refractivity contribution < 1.29 is 48.6 Å². The number of nitrogens with zero attached hydrogens (tertiary/aromatic N) is 2. The predicted molar refractivity (Wildman–Crippen MR) is 176 cm³/mol. The monoisotopic (exact) mass is 670 g/mol. The first-order valence-corrected chi connectivity index (χ1v) is 17.2. The molecule has 0 aromatic carbocycles. The molecule has 12 heteroatoms. The minimum absolute atomic E-state index is 0.179. The molecular weight excluding hydrogens is 608 g/mol. The fraction of sp³-hybridized carbons (Fsp3) is 0.886. The van der Waals surface area contributed by atoms with Gasteiger partial charge in [0.05, 0.1) is 48.6 Å². The van der Waals surface area contributed by atoms with Gasteiger partial charge >= 0.3 is 11.9 Å². The third-order valence-electron chi connectivity index (χ3n) is 10.5. The molecule has 12 nitrogen and oxygen atoms in total. The van der Waals surface area contributed by atoms with Crippen molar-refractivity contribution >= 4 is 11.9 Å². The van der Waals surface area contributed by atoms with Gasteiger partial charge in [0.2, 0.25) is 0 Å². The molecule has 15 atom stereocenters.